The van der Waals surface area contributed by atoms with Gasteiger partial charge in [0.05, 0.1) is 27.0 Å². The van der Waals surface area contributed by atoms with E-state index in [2.05, 4.69) is 21.0 Å². The predicted molar refractivity (Wildman–Crippen MR) is 98.6 cm³/mol. The molecule has 2 aromatic rings. The van der Waals surface area contributed by atoms with Gasteiger partial charge in [0.1, 0.15) is 6.61 Å². The van der Waals surface area contributed by atoms with Crippen LogP contribution in [0.3, 0.4) is 0 Å². The van der Waals surface area contributed by atoms with Crippen molar-refractivity contribution >= 4 is 31.6 Å². The third kappa shape index (κ3) is 4.59. The number of sulfonamides is 1. The van der Waals surface area contributed by atoms with Crippen molar-refractivity contribution in [1.82, 2.24) is 14.1 Å². The van der Waals surface area contributed by atoms with Crippen molar-refractivity contribution in [2.75, 3.05) is 19.7 Å². The van der Waals surface area contributed by atoms with Crippen LogP contribution in [-0.4, -0.2) is 47.1 Å². The molecule has 0 aliphatic carbocycles. The van der Waals surface area contributed by atoms with Crippen molar-refractivity contribution < 1.29 is 18.1 Å². The second kappa shape index (κ2) is 8.60. The first-order chi connectivity index (χ1) is 12.3. The Morgan fingerprint density at radius 2 is 2.04 bits per heavy atom. The number of hydrogen-bond donors (Lipinski definition) is 0. The molecule has 0 saturated carbocycles. The molecule has 0 spiro atoms. The summed E-state index contributed by atoms with van der Waals surface area (Å²) in [6, 6.07) is 3.67. The summed E-state index contributed by atoms with van der Waals surface area (Å²) in [5, 5.41) is 15.4. The van der Waals surface area contributed by atoms with Gasteiger partial charge in [-0.1, -0.05) is 13.8 Å². The number of hydrogen-bond acceptors (Lipinski definition) is 6. The van der Waals surface area contributed by atoms with Crippen LogP contribution >= 0.6 is 15.9 Å². The number of nitro groups is 1. The first-order valence-electron chi connectivity index (χ1n) is 7.89. The minimum Gasteiger partial charge on any atom is -0.485 e. The molecule has 0 aliphatic heterocycles. The number of aromatic nitrogens is 2. The second-order valence-corrected chi connectivity index (χ2v) is 8.10. The largest absolute Gasteiger partial charge is 0.485 e. The molecule has 0 amide bonds. The highest BCUT2D eigenvalue weighted by Crippen LogP contribution is 2.31. The Morgan fingerprint density at radius 1 is 1.35 bits per heavy atom. The highest BCUT2D eigenvalue weighted by Gasteiger charge is 2.26. The van der Waals surface area contributed by atoms with E-state index in [1.807, 2.05) is 0 Å². The summed E-state index contributed by atoms with van der Waals surface area (Å²) in [6.45, 7) is 4.52. The van der Waals surface area contributed by atoms with Crippen LogP contribution in [0.2, 0.25) is 0 Å². The van der Waals surface area contributed by atoms with Gasteiger partial charge in [0.25, 0.3) is 0 Å². The Kier molecular flexibility index (Phi) is 6.73. The highest BCUT2D eigenvalue weighted by molar-refractivity contribution is 9.10. The molecule has 0 atom stereocenters. The van der Waals surface area contributed by atoms with E-state index in [4.69, 9.17) is 4.74 Å². The average molecular weight is 447 g/mol. The van der Waals surface area contributed by atoms with Gasteiger partial charge in [-0.15, -0.1) is 0 Å². The molecule has 9 nitrogen and oxygen atoms in total. The second-order valence-electron chi connectivity index (χ2n) is 5.25. The molecule has 1 aromatic carbocycles. The lowest BCUT2D eigenvalue weighted by molar-refractivity contribution is -0.386. The molecule has 1 aromatic heterocycles. The zero-order chi connectivity index (χ0) is 19.3. The normalized spacial score (nSPS) is 11.7. The maximum absolute atomic E-state index is 12.5. The fourth-order valence-electron chi connectivity index (χ4n) is 2.34. The van der Waals surface area contributed by atoms with Gasteiger partial charge in [-0.25, -0.2) is 8.42 Å². The Bertz CT molecular complexity index is 880. The smallest absolute Gasteiger partial charge is 0.312 e. The van der Waals surface area contributed by atoms with Crippen LogP contribution < -0.4 is 4.74 Å². The third-order valence-electron chi connectivity index (χ3n) is 3.65. The van der Waals surface area contributed by atoms with Crippen molar-refractivity contribution in [2.24, 2.45) is 0 Å². The molecular weight excluding hydrogens is 428 g/mol. The Hall–Kier alpha value is -1.98. The molecule has 0 N–H and O–H groups in total. The van der Waals surface area contributed by atoms with E-state index in [1.54, 1.807) is 30.9 Å². The first kappa shape index (κ1) is 20.3. The van der Waals surface area contributed by atoms with Crippen LogP contribution in [0.5, 0.6) is 5.75 Å². The zero-order valence-electron chi connectivity index (χ0n) is 14.3. The molecule has 142 valence electrons. The highest BCUT2D eigenvalue weighted by atomic mass is 79.9. The quantitative estimate of drug-likeness (QED) is 0.432. The van der Waals surface area contributed by atoms with Gasteiger partial charge in [-0.05, 0) is 28.1 Å². The molecule has 11 heteroatoms. The van der Waals surface area contributed by atoms with Crippen LogP contribution in [0, 0.1) is 10.1 Å². The van der Waals surface area contributed by atoms with Gasteiger partial charge >= 0.3 is 5.69 Å². The van der Waals surface area contributed by atoms with Crippen LogP contribution in [0.25, 0.3) is 0 Å². The zero-order valence-corrected chi connectivity index (χ0v) is 16.7. The molecule has 0 saturated heterocycles. The molecule has 0 aliphatic rings. The van der Waals surface area contributed by atoms with Crippen LogP contribution in [0.4, 0.5) is 5.69 Å². The maximum atomic E-state index is 12.5. The van der Waals surface area contributed by atoms with Crippen molar-refractivity contribution in [3.63, 3.8) is 0 Å². The lowest BCUT2D eigenvalue weighted by Gasteiger charge is -2.18. The van der Waals surface area contributed by atoms with E-state index in [1.165, 1.54) is 16.4 Å². The fraction of sp³-hybridized carbons (Fsp3) is 0.400. The first-order valence-corrected chi connectivity index (χ1v) is 10.1. The van der Waals surface area contributed by atoms with Gasteiger partial charge in [-0.3, -0.25) is 14.8 Å². The van der Waals surface area contributed by atoms with Gasteiger partial charge < -0.3 is 4.74 Å². The topological polar surface area (TPSA) is 108 Å². The van der Waals surface area contributed by atoms with Crippen molar-refractivity contribution in [3.05, 3.63) is 45.2 Å². The van der Waals surface area contributed by atoms with Crippen molar-refractivity contribution in [2.45, 2.75) is 25.3 Å². The number of benzene rings is 1. The average Bonchev–Trinajstić information content (AvgIpc) is 3.01. The lowest BCUT2D eigenvalue weighted by atomic mass is 10.3. The van der Waals surface area contributed by atoms with Gasteiger partial charge in [-0.2, -0.15) is 9.40 Å². The van der Waals surface area contributed by atoms with E-state index in [9.17, 15) is 18.5 Å². The van der Waals surface area contributed by atoms with E-state index in [0.717, 1.165) is 10.5 Å². The number of ether oxygens (including phenoxy) is 1. The SMILES string of the molecule is CCN(CC)S(=O)(=O)c1ccc(OCCn2cc(Br)cn2)c([N+](=O)[O-])c1. The third-order valence-corrected chi connectivity index (χ3v) is 6.11. The van der Waals surface area contributed by atoms with Crippen LogP contribution in [0.15, 0.2) is 40.0 Å². The molecule has 0 unspecified atom stereocenters. The van der Waals surface area contributed by atoms with E-state index < -0.39 is 14.9 Å². The Balaban J connectivity index is 2.21. The lowest BCUT2D eigenvalue weighted by Crippen LogP contribution is -2.30. The summed E-state index contributed by atoms with van der Waals surface area (Å²) in [5.41, 5.74) is -0.389. The summed E-state index contributed by atoms with van der Waals surface area (Å²) >= 11 is 3.28. The minimum atomic E-state index is -3.78. The number of nitro benzene ring substituents is 1. The molecular formula is C15H19BrN4O5S. The predicted octanol–water partition coefficient (Wildman–Crippen LogP) is 2.66. The number of nitrogens with zero attached hydrogens (tertiary/aromatic N) is 4. The Morgan fingerprint density at radius 3 is 2.58 bits per heavy atom. The number of rotatable bonds is 9. The molecule has 0 bridgehead atoms. The van der Waals surface area contributed by atoms with E-state index in [0.29, 0.717) is 6.54 Å². The monoisotopic (exact) mass is 446 g/mol. The van der Waals surface area contributed by atoms with Gasteiger partial charge in [0, 0.05) is 25.4 Å². The summed E-state index contributed by atoms with van der Waals surface area (Å²) in [5.74, 6) is 0.0136. The molecule has 2 rings (SSSR count). The summed E-state index contributed by atoms with van der Waals surface area (Å²) < 4.78 is 34.2. The molecule has 0 fully saturated rings. The van der Waals surface area contributed by atoms with Crippen molar-refractivity contribution in [3.8, 4) is 5.75 Å². The standard InChI is InChI=1S/C15H19BrN4O5S/c1-3-19(4-2)26(23,24)13-5-6-15(14(9-13)20(21)22)25-8-7-18-11-12(16)10-17-18/h5-6,9-11H,3-4,7-8H2,1-2H3. The maximum Gasteiger partial charge on any atom is 0.312 e. The van der Waals surface area contributed by atoms with E-state index >= 15 is 0 Å². The van der Waals surface area contributed by atoms with Crippen molar-refractivity contribution in [1.29, 1.82) is 0 Å². The van der Waals surface area contributed by atoms with Gasteiger partial charge in [0.15, 0.2) is 5.75 Å². The molecule has 26 heavy (non-hydrogen) atoms. The summed E-state index contributed by atoms with van der Waals surface area (Å²) in [6.07, 6.45) is 3.37. The summed E-state index contributed by atoms with van der Waals surface area (Å²) in [7, 11) is -3.78. The fourth-order valence-corrected chi connectivity index (χ4v) is 4.15. The van der Waals surface area contributed by atoms with E-state index in [-0.39, 0.29) is 36.0 Å². The Labute approximate surface area is 159 Å². The van der Waals surface area contributed by atoms with Crippen LogP contribution in [0.1, 0.15) is 13.8 Å². The summed E-state index contributed by atoms with van der Waals surface area (Å²) in [4.78, 5) is 10.6. The molecule has 0 radical (unpaired) electrons. The minimum absolute atomic E-state index is 0.0136. The van der Waals surface area contributed by atoms with Gasteiger partial charge in [0.2, 0.25) is 10.0 Å². The number of halogens is 1. The molecule has 1 heterocycles. The van der Waals surface area contributed by atoms with Crippen LogP contribution in [-0.2, 0) is 16.6 Å².